The van der Waals surface area contributed by atoms with Gasteiger partial charge in [0.25, 0.3) is 5.91 Å². The van der Waals surface area contributed by atoms with Gasteiger partial charge in [-0.25, -0.2) is 9.97 Å². The zero-order valence-corrected chi connectivity index (χ0v) is 18.8. The molecule has 0 saturated heterocycles. The lowest BCUT2D eigenvalue weighted by molar-refractivity contribution is 0.0990. The lowest BCUT2D eigenvalue weighted by Crippen LogP contribution is -2.31. The van der Waals surface area contributed by atoms with E-state index in [-0.39, 0.29) is 5.91 Å². The Morgan fingerprint density at radius 1 is 1.18 bits per heavy atom. The highest BCUT2D eigenvalue weighted by molar-refractivity contribution is 9.11. The second-order valence-corrected chi connectivity index (χ2v) is 10.0. The fraction of sp³-hybridized carbons (Fsp3) is 0.250. The number of fused-ring (bicyclic) bond motifs is 1. The largest absolute Gasteiger partial charge is 0.337 e. The number of aromatic nitrogens is 3. The third-order valence-corrected chi connectivity index (χ3v) is 7.37. The Kier molecular flexibility index (Phi) is 5.61. The molecule has 0 N–H and O–H groups in total. The average molecular weight is 475 g/mol. The van der Waals surface area contributed by atoms with Gasteiger partial charge >= 0.3 is 0 Å². The molecular weight excluding hydrogens is 456 g/mol. The lowest BCUT2D eigenvalue weighted by atomic mass is 10.1. The predicted molar refractivity (Wildman–Crippen MR) is 120 cm³/mol. The number of aryl methyl sites for hydroxylation is 3. The molecule has 0 atom stereocenters. The van der Waals surface area contributed by atoms with E-state index in [4.69, 9.17) is 4.98 Å². The van der Waals surface area contributed by atoms with Crippen LogP contribution in [-0.4, -0.2) is 27.0 Å². The number of anilines is 1. The molecule has 4 aromatic rings. The Hall–Kier alpha value is -2.03. The second kappa shape index (κ2) is 8.14. The van der Waals surface area contributed by atoms with E-state index in [1.54, 1.807) is 23.9 Å². The maximum Gasteiger partial charge on any atom is 0.270 e. The van der Waals surface area contributed by atoms with Gasteiger partial charge in [0, 0.05) is 25.5 Å². The molecule has 0 unspecified atom stereocenters. The van der Waals surface area contributed by atoms with Crippen LogP contribution in [0.5, 0.6) is 0 Å². The van der Waals surface area contributed by atoms with Crippen LogP contribution in [0.2, 0.25) is 0 Å². The van der Waals surface area contributed by atoms with Crippen molar-refractivity contribution in [2.75, 3.05) is 11.4 Å². The second-order valence-electron chi connectivity index (χ2n) is 6.59. The molecule has 0 spiro atoms. The summed E-state index contributed by atoms with van der Waals surface area (Å²) in [6.07, 6.45) is 6.33. The minimum Gasteiger partial charge on any atom is -0.337 e. The van der Waals surface area contributed by atoms with Gasteiger partial charge in [0.2, 0.25) is 0 Å². The van der Waals surface area contributed by atoms with Crippen molar-refractivity contribution in [3.05, 3.63) is 62.8 Å². The van der Waals surface area contributed by atoms with Crippen LogP contribution in [0, 0.1) is 13.8 Å². The number of carbonyl (C=O) groups excluding carboxylic acids is 1. The topological polar surface area (TPSA) is 51.0 Å². The zero-order chi connectivity index (χ0) is 19.7. The summed E-state index contributed by atoms with van der Waals surface area (Å²) in [5.74, 6) is -0.00399. The van der Waals surface area contributed by atoms with Crippen molar-refractivity contribution >= 4 is 59.9 Å². The Bertz CT molecular complexity index is 1080. The van der Waals surface area contributed by atoms with Crippen LogP contribution in [0.25, 0.3) is 10.2 Å². The Morgan fingerprint density at radius 2 is 2.00 bits per heavy atom. The number of thiophene rings is 1. The van der Waals surface area contributed by atoms with Crippen LogP contribution in [0.4, 0.5) is 5.13 Å². The third-order valence-electron chi connectivity index (χ3n) is 4.55. The Labute approximate surface area is 179 Å². The third kappa shape index (κ3) is 3.90. The molecule has 1 aromatic carbocycles. The normalized spacial score (nSPS) is 11.2. The number of amides is 1. The van der Waals surface area contributed by atoms with E-state index in [1.165, 1.54) is 16.9 Å². The number of thiazole rings is 1. The quantitative estimate of drug-likeness (QED) is 0.361. The van der Waals surface area contributed by atoms with Crippen molar-refractivity contribution in [3.63, 3.8) is 0 Å². The van der Waals surface area contributed by atoms with E-state index in [9.17, 15) is 4.79 Å². The van der Waals surface area contributed by atoms with E-state index in [2.05, 4.69) is 46.9 Å². The summed E-state index contributed by atoms with van der Waals surface area (Å²) in [5.41, 5.74) is 3.31. The van der Waals surface area contributed by atoms with E-state index >= 15 is 0 Å². The molecule has 0 radical (unpaired) electrons. The number of carbonyl (C=O) groups is 1. The van der Waals surface area contributed by atoms with Crippen LogP contribution in [0.15, 0.2) is 46.8 Å². The monoisotopic (exact) mass is 474 g/mol. The molecule has 0 bridgehead atoms. The summed E-state index contributed by atoms with van der Waals surface area (Å²) in [7, 11) is 0. The fourth-order valence-corrected chi connectivity index (χ4v) is 5.51. The van der Waals surface area contributed by atoms with E-state index in [1.807, 2.05) is 27.8 Å². The number of hydrogen-bond acceptors (Lipinski definition) is 5. The minimum atomic E-state index is -0.00399. The molecular formula is C20H19BrN4OS2. The number of hydrogen-bond donors (Lipinski definition) is 0. The lowest BCUT2D eigenvalue weighted by Gasteiger charge is -2.19. The SMILES string of the molecule is Cc1ccc(C)c2sc(N(CCCn3ccnc3)C(=O)c3ccc(Br)s3)nc12. The van der Waals surface area contributed by atoms with Gasteiger partial charge in [-0.3, -0.25) is 9.69 Å². The molecule has 0 saturated carbocycles. The molecule has 28 heavy (non-hydrogen) atoms. The first-order valence-corrected chi connectivity index (χ1v) is 11.3. The van der Waals surface area contributed by atoms with Gasteiger partial charge in [-0.1, -0.05) is 23.5 Å². The van der Waals surface area contributed by atoms with Crippen molar-refractivity contribution in [1.82, 2.24) is 14.5 Å². The first-order chi connectivity index (χ1) is 13.5. The first-order valence-electron chi connectivity index (χ1n) is 8.92. The van der Waals surface area contributed by atoms with E-state index in [0.717, 1.165) is 37.7 Å². The Morgan fingerprint density at radius 3 is 2.68 bits per heavy atom. The van der Waals surface area contributed by atoms with Crippen LogP contribution in [0.1, 0.15) is 27.2 Å². The highest BCUT2D eigenvalue weighted by atomic mass is 79.9. The van der Waals surface area contributed by atoms with E-state index in [0.29, 0.717) is 11.4 Å². The van der Waals surface area contributed by atoms with Crippen LogP contribution >= 0.6 is 38.6 Å². The number of nitrogens with zero attached hydrogens (tertiary/aromatic N) is 4. The first kappa shape index (κ1) is 19.3. The molecule has 3 aromatic heterocycles. The van der Waals surface area contributed by atoms with Gasteiger partial charge in [-0.2, -0.15) is 0 Å². The predicted octanol–water partition coefficient (Wildman–Crippen LogP) is 5.67. The minimum absolute atomic E-state index is 0.00399. The van der Waals surface area contributed by atoms with Crippen molar-refractivity contribution in [2.24, 2.45) is 0 Å². The van der Waals surface area contributed by atoms with Gasteiger partial charge in [0.1, 0.15) is 0 Å². The van der Waals surface area contributed by atoms with Gasteiger partial charge in [0.05, 0.1) is 25.2 Å². The van der Waals surface area contributed by atoms with Crippen LogP contribution in [0.3, 0.4) is 0 Å². The number of halogens is 1. The maximum atomic E-state index is 13.3. The van der Waals surface area contributed by atoms with E-state index < -0.39 is 0 Å². The van der Waals surface area contributed by atoms with Gasteiger partial charge in [-0.05, 0) is 59.5 Å². The highest BCUT2D eigenvalue weighted by Gasteiger charge is 2.23. The molecule has 0 aliphatic heterocycles. The standard InChI is InChI=1S/C20H19BrN4OS2/c1-13-4-5-14(2)18-17(13)23-20(28-18)25(10-3-9-24-11-8-22-12-24)19(26)15-6-7-16(21)27-15/h4-8,11-12H,3,9-10H2,1-2H3. The number of rotatable bonds is 6. The maximum absolute atomic E-state index is 13.3. The summed E-state index contributed by atoms with van der Waals surface area (Å²) in [6.45, 7) is 5.56. The molecule has 144 valence electrons. The fourth-order valence-electron chi connectivity index (χ4n) is 3.04. The summed E-state index contributed by atoms with van der Waals surface area (Å²) in [6, 6.07) is 7.97. The van der Waals surface area contributed by atoms with Crippen molar-refractivity contribution in [3.8, 4) is 0 Å². The summed E-state index contributed by atoms with van der Waals surface area (Å²) in [5, 5.41) is 0.757. The van der Waals surface area contributed by atoms with Crippen molar-refractivity contribution < 1.29 is 4.79 Å². The molecule has 5 nitrogen and oxygen atoms in total. The van der Waals surface area contributed by atoms with Crippen molar-refractivity contribution in [2.45, 2.75) is 26.8 Å². The molecule has 3 heterocycles. The Balaban J connectivity index is 1.66. The number of benzene rings is 1. The molecule has 1 amide bonds. The molecule has 0 aliphatic rings. The molecule has 8 heteroatoms. The average Bonchev–Trinajstić information content (AvgIpc) is 3.42. The van der Waals surface area contributed by atoms with Gasteiger partial charge < -0.3 is 4.57 Å². The number of imidazole rings is 1. The zero-order valence-electron chi connectivity index (χ0n) is 15.6. The van der Waals surface area contributed by atoms with Gasteiger partial charge in [0.15, 0.2) is 5.13 Å². The molecule has 4 rings (SSSR count). The van der Waals surface area contributed by atoms with Crippen molar-refractivity contribution in [1.29, 1.82) is 0 Å². The molecule has 0 aliphatic carbocycles. The molecule has 0 fully saturated rings. The van der Waals surface area contributed by atoms with Crippen LogP contribution in [-0.2, 0) is 6.54 Å². The highest BCUT2D eigenvalue weighted by Crippen LogP contribution is 2.34. The summed E-state index contributed by atoms with van der Waals surface area (Å²) >= 11 is 6.50. The van der Waals surface area contributed by atoms with Crippen LogP contribution < -0.4 is 4.90 Å². The van der Waals surface area contributed by atoms with Gasteiger partial charge in [-0.15, -0.1) is 11.3 Å². The summed E-state index contributed by atoms with van der Waals surface area (Å²) < 4.78 is 4.12. The summed E-state index contributed by atoms with van der Waals surface area (Å²) in [4.78, 5) is 24.7. The smallest absolute Gasteiger partial charge is 0.270 e.